The summed E-state index contributed by atoms with van der Waals surface area (Å²) in [6, 6.07) is 2.20. The Hall–Kier alpha value is -1.20. The minimum Gasteiger partial charge on any atom is -0.348 e. The Kier molecular flexibility index (Phi) is 2.75. The fraction of sp³-hybridized carbons (Fsp3) is 0.538. The van der Waals surface area contributed by atoms with E-state index in [1.54, 1.807) is 17.7 Å². The Morgan fingerprint density at radius 1 is 1.39 bits per heavy atom. The number of rotatable bonds is 1. The molecule has 0 aliphatic carbocycles. The predicted octanol–water partition coefficient (Wildman–Crippen LogP) is 2.19. The van der Waals surface area contributed by atoms with E-state index < -0.39 is 0 Å². The molecule has 4 nitrogen and oxygen atoms in total. The summed E-state index contributed by atoms with van der Waals surface area (Å²) >= 11 is 1.74. The van der Waals surface area contributed by atoms with E-state index in [1.165, 1.54) is 10.3 Å². The largest absolute Gasteiger partial charge is 0.348 e. The van der Waals surface area contributed by atoms with E-state index in [1.807, 2.05) is 0 Å². The van der Waals surface area contributed by atoms with Gasteiger partial charge in [0, 0.05) is 30.1 Å². The lowest BCUT2D eigenvalue weighted by Gasteiger charge is -2.43. The maximum Gasteiger partial charge on any atom is 0.141 e. The lowest BCUT2D eigenvalue weighted by atomic mass is 10.00. The molecule has 0 unspecified atom stereocenters. The summed E-state index contributed by atoms with van der Waals surface area (Å²) in [5.74, 6) is 1.08. The molecule has 1 saturated heterocycles. The van der Waals surface area contributed by atoms with Crippen LogP contribution in [0.3, 0.4) is 0 Å². The summed E-state index contributed by atoms with van der Waals surface area (Å²) in [7, 11) is 0. The van der Waals surface area contributed by atoms with E-state index in [-0.39, 0.29) is 5.54 Å². The standard InChI is InChI=1S/C13H18N4S/c1-9-6-10-11(15-8-16-12(10)18-9)17-5-4-14-7-13(17,2)3/h6,8,14H,4-5,7H2,1-3H3. The molecule has 0 atom stereocenters. The number of aromatic nitrogens is 2. The van der Waals surface area contributed by atoms with Gasteiger partial charge in [-0.15, -0.1) is 11.3 Å². The molecule has 2 aromatic rings. The van der Waals surface area contributed by atoms with Crippen molar-refractivity contribution in [2.75, 3.05) is 24.5 Å². The fourth-order valence-corrected chi connectivity index (χ4v) is 3.40. The van der Waals surface area contributed by atoms with E-state index in [4.69, 9.17) is 0 Å². The van der Waals surface area contributed by atoms with Gasteiger partial charge in [0.15, 0.2) is 0 Å². The highest BCUT2D eigenvalue weighted by Gasteiger charge is 2.31. The van der Waals surface area contributed by atoms with Crippen LogP contribution in [-0.2, 0) is 0 Å². The number of aryl methyl sites for hydroxylation is 1. The van der Waals surface area contributed by atoms with Crippen LogP contribution >= 0.6 is 11.3 Å². The van der Waals surface area contributed by atoms with Crippen molar-refractivity contribution in [3.63, 3.8) is 0 Å². The topological polar surface area (TPSA) is 41.0 Å². The van der Waals surface area contributed by atoms with Crippen molar-refractivity contribution < 1.29 is 0 Å². The van der Waals surface area contributed by atoms with Crippen LogP contribution in [0.25, 0.3) is 10.2 Å². The first-order valence-electron chi connectivity index (χ1n) is 6.27. The van der Waals surface area contributed by atoms with Crippen molar-refractivity contribution in [3.8, 4) is 0 Å². The number of nitrogens with one attached hydrogen (secondary N) is 1. The molecule has 96 valence electrons. The van der Waals surface area contributed by atoms with Crippen molar-refractivity contribution in [2.45, 2.75) is 26.3 Å². The van der Waals surface area contributed by atoms with Crippen molar-refractivity contribution in [3.05, 3.63) is 17.3 Å². The van der Waals surface area contributed by atoms with Gasteiger partial charge in [0.25, 0.3) is 0 Å². The van der Waals surface area contributed by atoms with Crippen LogP contribution in [0, 0.1) is 6.92 Å². The molecular formula is C13H18N4S. The quantitative estimate of drug-likeness (QED) is 0.855. The number of anilines is 1. The summed E-state index contributed by atoms with van der Waals surface area (Å²) in [5, 5.41) is 4.64. The highest BCUT2D eigenvalue weighted by molar-refractivity contribution is 7.18. The predicted molar refractivity (Wildman–Crippen MR) is 76.4 cm³/mol. The van der Waals surface area contributed by atoms with Gasteiger partial charge in [-0.25, -0.2) is 9.97 Å². The van der Waals surface area contributed by atoms with Crippen LogP contribution in [0.2, 0.25) is 0 Å². The molecule has 0 bridgehead atoms. The zero-order valence-corrected chi connectivity index (χ0v) is 11.8. The Bertz CT molecular complexity index is 575. The summed E-state index contributed by atoms with van der Waals surface area (Å²) in [6.45, 7) is 9.63. The van der Waals surface area contributed by atoms with Gasteiger partial charge in [0.05, 0.1) is 5.39 Å². The maximum atomic E-state index is 4.53. The third kappa shape index (κ3) is 1.87. The Morgan fingerprint density at radius 2 is 2.22 bits per heavy atom. The third-order valence-electron chi connectivity index (χ3n) is 3.49. The zero-order valence-electron chi connectivity index (χ0n) is 11.0. The second-order valence-electron chi connectivity index (χ2n) is 5.41. The molecule has 3 heterocycles. The molecule has 3 rings (SSSR count). The molecule has 18 heavy (non-hydrogen) atoms. The summed E-state index contributed by atoms with van der Waals surface area (Å²) in [4.78, 5) is 13.7. The van der Waals surface area contributed by atoms with Gasteiger partial charge in [-0.05, 0) is 26.8 Å². The van der Waals surface area contributed by atoms with Gasteiger partial charge in [0.1, 0.15) is 17.0 Å². The van der Waals surface area contributed by atoms with Gasteiger partial charge < -0.3 is 10.2 Å². The molecular weight excluding hydrogens is 244 g/mol. The van der Waals surface area contributed by atoms with Crippen molar-refractivity contribution in [1.82, 2.24) is 15.3 Å². The molecule has 5 heteroatoms. The third-order valence-corrected chi connectivity index (χ3v) is 4.45. The molecule has 0 spiro atoms. The zero-order chi connectivity index (χ0) is 12.8. The van der Waals surface area contributed by atoms with Crippen LogP contribution < -0.4 is 10.2 Å². The molecule has 1 fully saturated rings. The van der Waals surface area contributed by atoms with Gasteiger partial charge in [-0.2, -0.15) is 0 Å². The van der Waals surface area contributed by atoms with Crippen LogP contribution in [0.15, 0.2) is 12.4 Å². The highest BCUT2D eigenvalue weighted by atomic mass is 32.1. The Morgan fingerprint density at radius 3 is 3.00 bits per heavy atom. The molecule has 1 N–H and O–H groups in total. The first-order chi connectivity index (χ1) is 8.58. The SMILES string of the molecule is Cc1cc2c(N3CCNCC3(C)C)ncnc2s1. The van der Waals surface area contributed by atoms with Gasteiger partial charge in [-0.3, -0.25) is 0 Å². The van der Waals surface area contributed by atoms with Crippen LogP contribution in [0.1, 0.15) is 18.7 Å². The molecule has 1 aliphatic rings. The number of hydrogen-bond donors (Lipinski definition) is 1. The minimum absolute atomic E-state index is 0.0926. The van der Waals surface area contributed by atoms with Gasteiger partial charge in [-0.1, -0.05) is 0 Å². The van der Waals surface area contributed by atoms with E-state index in [9.17, 15) is 0 Å². The highest BCUT2D eigenvalue weighted by Crippen LogP contribution is 2.33. The van der Waals surface area contributed by atoms with Gasteiger partial charge in [0.2, 0.25) is 0 Å². The summed E-state index contributed by atoms with van der Waals surface area (Å²) < 4.78 is 0. The molecule has 0 amide bonds. The summed E-state index contributed by atoms with van der Waals surface area (Å²) in [6.07, 6.45) is 1.69. The van der Waals surface area contributed by atoms with Crippen LogP contribution in [-0.4, -0.2) is 35.1 Å². The van der Waals surface area contributed by atoms with Crippen LogP contribution in [0.5, 0.6) is 0 Å². The number of thiophene rings is 1. The molecule has 0 radical (unpaired) electrons. The van der Waals surface area contributed by atoms with E-state index in [0.29, 0.717) is 0 Å². The smallest absolute Gasteiger partial charge is 0.141 e. The Labute approximate surface area is 111 Å². The second kappa shape index (κ2) is 4.17. The average molecular weight is 262 g/mol. The van der Waals surface area contributed by atoms with E-state index >= 15 is 0 Å². The first-order valence-corrected chi connectivity index (χ1v) is 7.09. The first kappa shape index (κ1) is 11.9. The number of piperazine rings is 1. The summed E-state index contributed by atoms with van der Waals surface area (Å²) in [5.41, 5.74) is 0.0926. The van der Waals surface area contributed by atoms with Crippen molar-refractivity contribution in [2.24, 2.45) is 0 Å². The number of nitrogens with zero attached hydrogens (tertiary/aromatic N) is 3. The van der Waals surface area contributed by atoms with Crippen molar-refractivity contribution in [1.29, 1.82) is 0 Å². The molecule has 2 aromatic heterocycles. The molecule has 0 aromatic carbocycles. The van der Waals surface area contributed by atoms with Gasteiger partial charge >= 0.3 is 0 Å². The maximum absolute atomic E-state index is 4.53. The molecule has 0 saturated carbocycles. The van der Waals surface area contributed by atoms with Crippen LogP contribution in [0.4, 0.5) is 5.82 Å². The van der Waals surface area contributed by atoms with Crippen molar-refractivity contribution >= 4 is 27.4 Å². The van der Waals surface area contributed by atoms with E-state index in [2.05, 4.69) is 47.0 Å². The normalized spacial score (nSPS) is 19.4. The Balaban J connectivity index is 2.13. The number of hydrogen-bond acceptors (Lipinski definition) is 5. The fourth-order valence-electron chi connectivity index (χ4n) is 2.55. The lowest BCUT2D eigenvalue weighted by molar-refractivity contribution is 0.378. The van der Waals surface area contributed by atoms with E-state index in [0.717, 1.165) is 30.3 Å². The number of fused-ring (bicyclic) bond motifs is 1. The minimum atomic E-state index is 0.0926. The second-order valence-corrected chi connectivity index (χ2v) is 6.65. The lowest BCUT2D eigenvalue weighted by Crippen LogP contribution is -2.58. The monoisotopic (exact) mass is 262 g/mol. The molecule has 1 aliphatic heterocycles. The average Bonchev–Trinajstić information content (AvgIpc) is 2.68.